The number of aliphatic carboxylic acids is 1. The highest BCUT2D eigenvalue weighted by molar-refractivity contribution is 5.79. The first-order chi connectivity index (χ1) is 8.14. The monoisotopic (exact) mass is 238 g/mol. The number of rotatable bonds is 3. The average Bonchev–Trinajstić information content (AvgIpc) is 3.03. The molecule has 0 radical (unpaired) electrons. The van der Waals surface area contributed by atoms with Crippen LogP contribution in [-0.4, -0.2) is 47.2 Å². The second kappa shape index (κ2) is 3.95. The minimum absolute atomic E-state index is 0.494. The molecule has 2 saturated carbocycles. The molecule has 2 bridgehead atoms. The van der Waals surface area contributed by atoms with E-state index in [1.807, 2.05) is 0 Å². The van der Waals surface area contributed by atoms with Gasteiger partial charge in [-0.05, 0) is 51.5 Å². The van der Waals surface area contributed by atoms with Crippen LogP contribution >= 0.6 is 0 Å². The highest BCUT2D eigenvalue weighted by atomic mass is 16.4. The Morgan fingerprint density at radius 3 is 2.65 bits per heavy atom. The van der Waals surface area contributed by atoms with Gasteiger partial charge in [0.2, 0.25) is 0 Å². The van der Waals surface area contributed by atoms with Crippen molar-refractivity contribution in [1.82, 2.24) is 10.2 Å². The number of carbonyl (C=O) groups is 1. The molecule has 4 atom stereocenters. The third-order valence-electron chi connectivity index (χ3n) is 5.30. The van der Waals surface area contributed by atoms with Crippen LogP contribution in [0.25, 0.3) is 0 Å². The summed E-state index contributed by atoms with van der Waals surface area (Å²) in [6.07, 6.45) is 6.68. The van der Waals surface area contributed by atoms with Gasteiger partial charge in [-0.1, -0.05) is 0 Å². The maximum absolute atomic E-state index is 11.4. The van der Waals surface area contributed by atoms with E-state index in [1.165, 1.54) is 25.8 Å². The van der Waals surface area contributed by atoms with Gasteiger partial charge in [-0.2, -0.15) is 0 Å². The van der Waals surface area contributed by atoms with Crippen LogP contribution in [-0.2, 0) is 4.79 Å². The van der Waals surface area contributed by atoms with Gasteiger partial charge in [-0.15, -0.1) is 0 Å². The highest BCUT2D eigenvalue weighted by Gasteiger charge is 2.49. The molecular formula is C13H22N2O2. The minimum atomic E-state index is -0.674. The van der Waals surface area contributed by atoms with Crippen molar-refractivity contribution in [1.29, 1.82) is 0 Å². The van der Waals surface area contributed by atoms with Crippen molar-refractivity contribution in [3.63, 3.8) is 0 Å². The molecule has 2 aliphatic carbocycles. The summed E-state index contributed by atoms with van der Waals surface area (Å²) in [5, 5.41) is 12.4. The predicted molar refractivity (Wildman–Crippen MR) is 64.9 cm³/mol. The van der Waals surface area contributed by atoms with Crippen LogP contribution in [0, 0.1) is 5.92 Å². The van der Waals surface area contributed by atoms with E-state index in [4.69, 9.17) is 0 Å². The Morgan fingerprint density at radius 2 is 2.18 bits per heavy atom. The fraction of sp³-hybridized carbons (Fsp3) is 0.923. The summed E-state index contributed by atoms with van der Waals surface area (Å²) < 4.78 is 0. The molecule has 0 spiro atoms. The molecule has 0 aromatic carbocycles. The molecule has 0 aromatic heterocycles. The summed E-state index contributed by atoms with van der Waals surface area (Å²) in [6, 6.07) is 1.25. The average molecular weight is 238 g/mol. The number of piperidine rings is 1. The molecule has 1 saturated heterocycles. The van der Waals surface area contributed by atoms with Crippen LogP contribution in [0.5, 0.6) is 0 Å². The fourth-order valence-electron chi connectivity index (χ4n) is 4.24. The molecule has 2 N–H and O–H groups in total. The second-order valence-corrected chi connectivity index (χ2v) is 6.06. The van der Waals surface area contributed by atoms with Gasteiger partial charge >= 0.3 is 5.97 Å². The standard InChI is InChI=1S/C13H22N2O2/c1-14-13(12(16)17)5-4-11(7-13)15-8-9-2-3-10(15)6-9/h9-11,14H,2-8H2,1H3,(H,16,17). The summed E-state index contributed by atoms with van der Waals surface area (Å²) in [4.78, 5) is 14.0. The quantitative estimate of drug-likeness (QED) is 0.772. The topological polar surface area (TPSA) is 52.6 Å². The lowest BCUT2D eigenvalue weighted by atomic mass is 9.97. The first-order valence-corrected chi connectivity index (χ1v) is 6.83. The molecule has 3 rings (SSSR count). The number of hydrogen-bond donors (Lipinski definition) is 2. The number of fused-ring (bicyclic) bond motifs is 2. The van der Waals surface area contributed by atoms with Crippen LogP contribution in [0.15, 0.2) is 0 Å². The van der Waals surface area contributed by atoms with Crippen LogP contribution in [0.1, 0.15) is 38.5 Å². The lowest BCUT2D eigenvalue weighted by molar-refractivity contribution is -0.144. The molecule has 3 fully saturated rings. The minimum Gasteiger partial charge on any atom is -0.480 e. The maximum Gasteiger partial charge on any atom is 0.323 e. The number of carboxylic acid groups (broad SMARTS) is 1. The van der Waals surface area contributed by atoms with Crippen LogP contribution in [0.2, 0.25) is 0 Å². The van der Waals surface area contributed by atoms with Gasteiger partial charge in [0.25, 0.3) is 0 Å². The third-order valence-corrected chi connectivity index (χ3v) is 5.30. The molecule has 3 aliphatic rings. The van der Waals surface area contributed by atoms with E-state index >= 15 is 0 Å². The molecule has 1 heterocycles. The van der Waals surface area contributed by atoms with E-state index in [-0.39, 0.29) is 0 Å². The molecule has 4 heteroatoms. The lowest BCUT2D eigenvalue weighted by Gasteiger charge is -2.33. The smallest absolute Gasteiger partial charge is 0.323 e. The number of likely N-dealkylation sites (tertiary alicyclic amines) is 1. The molecule has 1 aliphatic heterocycles. The summed E-state index contributed by atoms with van der Waals surface area (Å²) in [7, 11) is 1.78. The molecule has 0 amide bonds. The first kappa shape index (κ1) is 11.5. The number of hydrogen-bond acceptors (Lipinski definition) is 3. The van der Waals surface area contributed by atoms with Crippen molar-refractivity contribution in [3.8, 4) is 0 Å². The fourth-order valence-corrected chi connectivity index (χ4v) is 4.24. The summed E-state index contributed by atoms with van der Waals surface area (Å²) in [5.74, 6) is 0.223. The second-order valence-electron chi connectivity index (χ2n) is 6.06. The molecule has 0 aromatic rings. The molecule has 96 valence electrons. The van der Waals surface area contributed by atoms with Crippen molar-refractivity contribution in [2.75, 3.05) is 13.6 Å². The van der Waals surface area contributed by atoms with Crippen molar-refractivity contribution in [3.05, 3.63) is 0 Å². The van der Waals surface area contributed by atoms with Gasteiger partial charge in [-0.3, -0.25) is 9.69 Å². The highest BCUT2D eigenvalue weighted by Crippen LogP contribution is 2.43. The third kappa shape index (κ3) is 1.69. The van der Waals surface area contributed by atoms with Gasteiger partial charge in [0.1, 0.15) is 5.54 Å². The van der Waals surface area contributed by atoms with E-state index < -0.39 is 11.5 Å². The molecular weight excluding hydrogens is 216 g/mol. The predicted octanol–water partition coefficient (Wildman–Crippen LogP) is 1.07. The molecule has 17 heavy (non-hydrogen) atoms. The van der Waals surface area contributed by atoms with Crippen LogP contribution < -0.4 is 5.32 Å². The van der Waals surface area contributed by atoms with Crippen molar-refractivity contribution < 1.29 is 9.90 Å². The number of carboxylic acids is 1. The Labute approximate surface area is 102 Å². The largest absolute Gasteiger partial charge is 0.480 e. The van der Waals surface area contributed by atoms with Gasteiger partial charge in [0.15, 0.2) is 0 Å². The maximum atomic E-state index is 11.4. The lowest BCUT2D eigenvalue weighted by Crippen LogP contribution is -2.50. The van der Waals surface area contributed by atoms with Gasteiger partial charge in [0.05, 0.1) is 0 Å². The van der Waals surface area contributed by atoms with Crippen molar-refractivity contribution in [2.45, 2.75) is 56.1 Å². The van der Waals surface area contributed by atoms with E-state index in [2.05, 4.69) is 10.2 Å². The molecule has 4 nitrogen and oxygen atoms in total. The summed E-state index contributed by atoms with van der Waals surface area (Å²) in [6.45, 7) is 1.22. The van der Waals surface area contributed by atoms with Crippen LogP contribution in [0.3, 0.4) is 0 Å². The Balaban J connectivity index is 1.70. The van der Waals surface area contributed by atoms with Gasteiger partial charge in [0, 0.05) is 18.6 Å². The van der Waals surface area contributed by atoms with Crippen LogP contribution in [0.4, 0.5) is 0 Å². The SMILES string of the molecule is CNC1(C(=O)O)CCC(N2CC3CCC2C3)C1. The Morgan fingerprint density at radius 1 is 1.35 bits per heavy atom. The number of nitrogens with one attached hydrogen (secondary N) is 1. The summed E-state index contributed by atoms with van der Waals surface area (Å²) in [5.41, 5.74) is -0.660. The van der Waals surface area contributed by atoms with Gasteiger partial charge < -0.3 is 10.4 Å². The van der Waals surface area contributed by atoms with E-state index in [1.54, 1.807) is 7.05 Å². The first-order valence-electron chi connectivity index (χ1n) is 6.83. The zero-order valence-corrected chi connectivity index (χ0v) is 10.5. The Kier molecular flexibility index (Phi) is 2.67. The number of likely N-dealkylation sites (N-methyl/N-ethyl adjacent to an activating group) is 1. The number of nitrogens with zero attached hydrogens (tertiary/aromatic N) is 1. The van der Waals surface area contributed by atoms with E-state index in [0.29, 0.717) is 6.04 Å². The Bertz CT molecular complexity index is 333. The van der Waals surface area contributed by atoms with Gasteiger partial charge in [-0.25, -0.2) is 0 Å². The zero-order valence-electron chi connectivity index (χ0n) is 10.5. The summed E-state index contributed by atoms with van der Waals surface area (Å²) >= 11 is 0. The normalized spacial score (nSPS) is 45.6. The van der Waals surface area contributed by atoms with E-state index in [9.17, 15) is 9.90 Å². The van der Waals surface area contributed by atoms with Crippen molar-refractivity contribution in [2.24, 2.45) is 5.92 Å². The van der Waals surface area contributed by atoms with E-state index in [0.717, 1.165) is 31.2 Å². The molecule has 4 unspecified atom stereocenters. The zero-order chi connectivity index (χ0) is 12.0. The Hall–Kier alpha value is -0.610. The van der Waals surface area contributed by atoms with Crippen molar-refractivity contribution >= 4 is 5.97 Å².